The second-order valence-corrected chi connectivity index (χ2v) is 6.20. The third-order valence-corrected chi connectivity index (χ3v) is 4.04. The van der Waals surface area contributed by atoms with Crippen LogP contribution in [0.1, 0.15) is 18.1 Å². The summed E-state index contributed by atoms with van der Waals surface area (Å²) < 4.78 is 10.1. The number of allylic oxidation sites excluding steroid dienone is 1. The predicted octanol–water partition coefficient (Wildman–Crippen LogP) is 4.91. The van der Waals surface area contributed by atoms with Crippen molar-refractivity contribution in [2.45, 2.75) is 6.92 Å². The summed E-state index contributed by atoms with van der Waals surface area (Å²) in [5.41, 5.74) is 1.22. The summed E-state index contributed by atoms with van der Waals surface area (Å²) in [6, 6.07) is 10.7. The molecule has 0 bridgehead atoms. The number of carbonyl (C=O) groups is 1. The van der Waals surface area contributed by atoms with Crippen LogP contribution in [0.5, 0.6) is 5.75 Å². The molecule has 2 aromatic rings. The van der Waals surface area contributed by atoms with Gasteiger partial charge in [-0.3, -0.25) is 10.1 Å². The summed E-state index contributed by atoms with van der Waals surface area (Å²) in [6.07, 6.45) is 1.54. The van der Waals surface area contributed by atoms with Gasteiger partial charge in [0.1, 0.15) is 0 Å². The van der Waals surface area contributed by atoms with Crippen molar-refractivity contribution in [3.05, 3.63) is 67.7 Å². The van der Waals surface area contributed by atoms with E-state index in [1.54, 1.807) is 6.92 Å². The number of halogens is 2. The number of ether oxygens (including phenoxy) is 2. The first-order chi connectivity index (χ1) is 13.3. The smallest absolute Gasteiger partial charge is 0.344 e. The number of benzene rings is 2. The van der Waals surface area contributed by atoms with Crippen molar-refractivity contribution < 1.29 is 19.2 Å². The summed E-state index contributed by atoms with van der Waals surface area (Å²) in [5.74, 6) is -0.425. The number of nitriles is 1. The molecule has 0 heterocycles. The van der Waals surface area contributed by atoms with Gasteiger partial charge in [0.25, 0.3) is 5.69 Å². The lowest BCUT2D eigenvalue weighted by Gasteiger charge is -2.10. The lowest BCUT2D eigenvalue weighted by Crippen LogP contribution is -2.14. The molecule has 0 aliphatic heterocycles. The zero-order valence-electron chi connectivity index (χ0n) is 14.6. The summed E-state index contributed by atoms with van der Waals surface area (Å²) in [7, 11) is 0. The highest BCUT2D eigenvalue weighted by atomic mass is 35.5. The average molecular weight is 421 g/mol. The van der Waals surface area contributed by atoms with Crippen LogP contribution in [-0.4, -0.2) is 24.1 Å². The number of nitro groups is 1. The fraction of sp³-hybridized carbons (Fsp3) is 0.158. The molecule has 0 saturated heterocycles. The number of rotatable bonds is 7. The molecule has 7 nitrogen and oxygen atoms in total. The van der Waals surface area contributed by atoms with E-state index in [1.165, 1.54) is 42.5 Å². The fourth-order valence-electron chi connectivity index (χ4n) is 2.24. The first-order valence-corrected chi connectivity index (χ1v) is 8.75. The molecule has 0 unspecified atom stereocenters. The Hall–Kier alpha value is -3.08. The minimum Gasteiger partial charge on any atom is -0.479 e. The first-order valence-electron chi connectivity index (χ1n) is 7.99. The number of nitro benzene ring substituents is 1. The summed E-state index contributed by atoms with van der Waals surface area (Å²) in [5, 5.41) is 20.5. The van der Waals surface area contributed by atoms with E-state index in [2.05, 4.69) is 0 Å². The van der Waals surface area contributed by atoms with Crippen molar-refractivity contribution >= 4 is 46.5 Å². The van der Waals surface area contributed by atoms with Crippen LogP contribution in [-0.2, 0) is 9.53 Å². The van der Waals surface area contributed by atoms with Crippen LogP contribution in [0.4, 0.5) is 5.69 Å². The average Bonchev–Trinajstić information content (AvgIpc) is 2.65. The molecule has 2 aromatic carbocycles. The molecule has 9 heteroatoms. The van der Waals surface area contributed by atoms with Crippen LogP contribution in [0.3, 0.4) is 0 Å². The number of hydrogen-bond donors (Lipinski definition) is 0. The lowest BCUT2D eigenvalue weighted by atomic mass is 10.0. The Balaban J connectivity index is 2.27. The van der Waals surface area contributed by atoms with Crippen LogP contribution in [0.2, 0.25) is 10.0 Å². The molecule has 0 radical (unpaired) electrons. The molecular weight excluding hydrogens is 407 g/mol. The molecule has 0 amide bonds. The van der Waals surface area contributed by atoms with Gasteiger partial charge < -0.3 is 9.47 Å². The van der Waals surface area contributed by atoms with Gasteiger partial charge in [0, 0.05) is 12.1 Å². The monoisotopic (exact) mass is 420 g/mol. The molecule has 0 N–H and O–H groups in total. The third kappa shape index (κ3) is 5.46. The van der Waals surface area contributed by atoms with Crippen molar-refractivity contribution in [1.29, 1.82) is 5.26 Å². The standard InChI is InChI=1S/C19H14Cl2N2O5/c1-2-27-18(24)11-28-19-16(20)8-12(9-17(19)21)7-14(10-22)13-3-5-15(6-4-13)23(25)26/h3-9H,2,11H2,1H3/b14-7-. The summed E-state index contributed by atoms with van der Waals surface area (Å²) in [4.78, 5) is 21.6. The highest BCUT2D eigenvalue weighted by Crippen LogP contribution is 2.35. The second-order valence-electron chi connectivity index (χ2n) is 5.38. The van der Waals surface area contributed by atoms with Crippen LogP contribution >= 0.6 is 23.2 Å². The van der Waals surface area contributed by atoms with E-state index < -0.39 is 10.9 Å². The van der Waals surface area contributed by atoms with Gasteiger partial charge in [0.15, 0.2) is 12.4 Å². The van der Waals surface area contributed by atoms with Crippen molar-refractivity contribution in [3.63, 3.8) is 0 Å². The molecule has 0 aliphatic carbocycles. The predicted molar refractivity (Wildman–Crippen MR) is 105 cm³/mol. The zero-order chi connectivity index (χ0) is 20.7. The van der Waals surface area contributed by atoms with Gasteiger partial charge in [-0.05, 0) is 48.4 Å². The molecule has 28 heavy (non-hydrogen) atoms. The van der Waals surface area contributed by atoms with Gasteiger partial charge >= 0.3 is 5.97 Å². The molecule has 144 valence electrons. The largest absolute Gasteiger partial charge is 0.479 e. The topological polar surface area (TPSA) is 102 Å². The number of carbonyl (C=O) groups excluding carboxylic acids is 1. The van der Waals surface area contributed by atoms with Gasteiger partial charge in [0.05, 0.1) is 33.2 Å². The molecule has 0 fully saturated rings. The lowest BCUT2D eigenvalue weighted by molar-refractivity contribution is -0.384. The van der Waals surface area contributed by atoms with E-state index in [1.807, 2.05) is 6.07 Å². The maximum Gasteiger partial charge on any atom is 0.344 e. The first kappa shape index (κ1) is 21.2. The van der Waals surface area contributed by atoms with Gasteiger partial charge in [-0.25, -0.2) is 4.79 Å². The Bertz CT molecular complexity index is 942. The Kier molecular flexibility index (Phi) is 7.38. The molecular formula is C19H14Cl2N2O5. The maximum atomic E-state index is 11.4. The Morgan fingerprint density at radius 2 is 1.86 bits per heavy atom. The Labute approximate surface area is 170 Å². The molecule has 0 aliphatic rings. The van der Waals surface area contributed by atoms with Crippen LogP contribution in [0.15, 0.2) is 36.4 Å². The van der Waals surface area contributed by atoms with Crippen molar-refractivity contribution in [2.24, 2.45) is 0 Å². The van der Waals surface area contributed by atoms with Crippen molar-refractivity contribution in [1.82, 2.24) is 0 Å². The van der Waals surface area contributed by atoms with Gasteiger partial charge in [0.2, 0.25) is 0 Å². The van der Waals surface area contributed by atoms with Crippen molar-refractivity contribution in [2.75, 3.05) is 13.2 Å². The molecule has 2 rings (SSSR count). The van der Waals surface area contributed by atoms with Gasteiger partial charge in [-0.15, -0.1) is 0 Å². The third-order valence-electron chi connectivity index (χ3n) is 3.48. The SMILES string of the molecule is CCOC(=O)COc1c(Cl)cc(/C=C(/C#N)c2ccc([N+](=O)[O-])cc2)cc1Cl. The van der Waals surface area contributed by atoms with Crippen LogP contribution in [0, 0.1) is 21.4 Å². The maximum absolute atomic E-state index is 11.4. The van der Waals surface area contributed by atoms with E-state index in [0.29, 0.717) is 11.1 Å². The summed E-state index contributed by atoms with van der Waals surface area (Å²) in [6.45, 7) is 1.57. The minimum atomic E-state index is -0.552. The highest BCUT2D eigenvalue weighted by molar-refractivity contribution is 6.37. The molecule has 0 atom stereocenters. The number of hydrogen-bond acceptors (Lipinski definition) is 6. The van der Waals surface area contributed by atoms with Crippen molar-refractivity contribution in [3.8, 4) is 11.8 Å². The molecule has 0 aromatic heterocycles. The van der Waals surface area contributed by atoms with E-state index >= 15 is 0 Å². The number of esters is 1. The van der Waals surface area contributed by atoms with Gasteiger partial charge in [-0.1, -0.05) is 23.2 Å². The Morgan fingerprint density at radius 1 is 1.25 bits per heavy atom. The van der Waals surface area contributed by atoms with E-state index in [0.717, 1.165) is 0 Å². The quantitative estimate of drug-likeness (QED) is 0.207. The Morgan fingerprint density at radius 3 is 2.36 bits per heavy atom. The van der Waals surface area contributed by atoms with Gasteiger partial charge in [-0.2, -0.15) is 5.26 Å². The zero-order valence-corrected chi connectivity index (χ0v) is 16.2. The molecule has 0 saturated carbocycles. The van der Waals surface area contributed by atoms with E-state index in [4.69, 9.17) is 32.7 Å². The molecule has 0 spiro atoms. The fourth-order valence-corrected chi connectivity index (χ4v) is 2.86. The number of non-ortho nitro benzene ring substituents is 1. The van der Waals surface area contributed by atoms with Crippen LogP contribution < -0.4 is 4.74 Å². The van der Waals surface area contributed by atoms with Crippen LogP contribution in [0.25, 0.3) is 11.6 Å². The second kappa shape index (κ2) is 9.74. The summed E-state index contributed by atoms with van der Waals surface area (Å²) >= 11 is 12.3. The normalized spacial score (nSPS) is 10.9. The van der Waals surface area contributed by atoms with E-state index in [9.17, 15) is 20.2 Å². The minimum absolute atomic E-state index is 0.0739. The number of nitrogens with zero attached hydrogens (tertiary/aromatic N) is 2. The highest BCUT2D eigenvalue weighted by Gasteiger charge is 2.13. The van der Waals surface area contributed by atoms with E-state index in [-0.39, 0.29) is 40.3 Å².